The summed E-state index contributed by atoms with van der Waals surface area (Å²) in [6, 6.07) is 12.1. The summed E-state index contributed by atoms with van der Waals surface area (Å²) in [5.41, 5.74) is 0.419. The van der Waals surface area contributed by atoms with Gasteiger partial charge in [0.05, 0.1) is 16.9 Å². The number of carbonyl (C=O) groups is 2. The minimum absolute atomic E-state index is 0.0342. The van der Waals surface area contributed by atoms with Crippen LogP contribution >= 0.6 is 0 Å². The van der Waals surface area contributed by atoms with E-state index in [9.17, 15) is 28.1 Å². The van der Waals surface area contributed by atoms with E-state index in [2.05, 4.69) is 5.32 Å². The average Bonchev–Trinajstić information content (AvgIpc) is 2.76. The molecule has 2 amide bonds. The molecular formula is C25H34N4O6S. The largest absolute Gasteiger partial charge is 0.350 e. The molecule has 0 aromatic heterocycles. The van der Waals surface area contributed by atoms with E-state index in [1.165, 1.54) is 17.0 Å². The van der Waals surface area contributed by atoms with Crippen molar-refractivity contribution in [3.63, 3.8) is 0 Å². The first kappa shape index (κ1) is 28.8. The third-order valence-corrected chi connectivity index (χ3v) is 6.56. The van der Waals surface area contributed by atoms with Crippen molar-refractivity contribution < 1.29 is 22.9 Å². The van der Waals surface area contributed by atoms with Crippen LogP contribution in [-0.4, -0.2) is 54.4 Å². The molecule has 10 nitrogen and oxygen atoms in total. The number of rotatable bonds is 10. The van der Waals surface area contributed by atoms with Crippen molar-refractivity contribution >= 4 is 33.2 Å². The number of aryl methyl sites for hydroxylation is 1. The fourth-order valence-corrected chi connectivity index (χ4v) is 4.63. The highest BCUT2D eigenvalue weighted by molar-refractivity contribution is 7.92. The first-order valence-electron chi connectivity index (χ1n) is 11.5. The maximum Gasteiger partial charge on any atom is 0.271 e. The summed E-state index contributed by atoms with van der Waals surface area (Å²) >= 11 is 0. The Morgan fingerprint density at radius 2 is 1.72 bits per heavy atom. The van der Waals surface area contributed by atoms with Gasteiger partial charge in [-0.1, -0.05) is 43.3 Å². The molecule has 0 saturated carbocycles. The minimum atomic E-state index is -4.00. The highest BCUT2D eigenvalue weighted by Gasteiger charge is 2.33. The zero-order chi connectivity index (χ0) is 27.3. The van der Waals surface area contributed by atoms with Crippen LogP contribution in [0.15, 0.2) is 48.5 Å². The fraction of sp³-hybridized carbons (Fsp3) is 0.440. The molecule has 0 aliphatic rings. The fourth-order valence-electron chi connectivity index (χ4n) is 3.73. The minimum Gasteiger partial charge on any atom is -0.350 e. The Balaban J connectivity index is 2.52. The number of amides is 2. The summed E-state index contributed by atoms with van der Waals surface area (Å²) in [4.78, 5) is 38.9. The Morgan fingerprint density at radius 3 is 2.22 bits per heavy atom. The molecule has 2 aromatic rings. The maximum absolute atomic E-state index is 13.7. The van der Waals surface area contributed by atoms with Crippen LogP contribution in [0.4, 0.5) is 11.4 Å². The molecule has 0 unspecified atom stereocenters. The van der Waals surface area contributed by atoms with E-state index in [0.29, 0.717) is 12.0 Å². The second kappa shape index (κ2) is 11.5. The molecule has 0 heterocycles. The summed E-state index contributed by atoms with van der Waals surface area (Å²) in [6.07, 6.45) is 1.24. The van der Waals surface area contributed by atoms with Crippen LogP contribution in [0.3, 0.4) is 0 Å². The van der Waals surface area contributed by atoms with Gasteiger partial charge in [-0.15, -0.1) is 0 Å². The molecule has 0 aliphatic carbocycles. The van der Waals surface area contributed by atoms with Crippen molar-refractivity contribution in [3.8, 4) is 0 Å². The van der Waals surface area contributed by atoms with Gasteiger partial charge < -0.3 is 10.2 Å². The Bertz CT molecular complexity index is 1210. The topological polar surface area (TPSA) is 130 Å². The molecule has 1 N–H and O–H groups in total. The van der Waals surface area contributed by atoms with Crippen molar-refractivity contribution in [2.45, 2.75) is 59.2 Å². The van der Waals surface area contributed by atoms with Crippen molar-refractivity contribution in [1.82, 2.24) is 10.2 Å². The Kier molecular flexibility index (Phi) is 9.20. The molecule has 2 aromatic carbocycles. The number of benzene rings is 2. The number of anilines is 1. The first-order chi connectivity index (χ1) is 16.6. The van der Waals surface area contributed by atoms with Crippen LogP contribution in [0.1, 0.15) is 45.2 Å². The quantitative estimate of drug-likeness (QED) is 0.379. The number of non-ortho nitro benzene ring substituents is 1. The number of nitrogens with one attached hydrogen (secondary N) is 1. The third kappa shape index (κ3) is 7.77. The molecule has 11 heteroatoms. The first-order valence-corrected chi connectivity index (χ1v) is 13.4. The van der Waals surface area contributed by atoms with E-state index in [1.54, 1.807) is 13.8 Å². The van der Waals surface area contributed by atoms with E-state index in [-0.39, 0.29) is 23.8 Å². The lowest BCUT2D eigenvalue weighted by Crippen LogP contribution is -2.55. The lowest BCUT2D eigenvalue weighted by atomic mass is 10.1. The molecule has 0 aliphatic heterocycles. The Morgan fingerprint density at radius 1 is 1.11 bits per heavy atom. The summed E-state index contributed by atoms with van der Waals surface area (Å²) in [5, 5.41) is 14.2. The molecule has 0 fully saturated rings. The Hall–Kier alpha value is -3.47. The second-order valence-electron chi connectivity index (χ2n) is 9.67. The van der Waals surface area contributed by atoms with Gasteiger partial charge in [0, 0.05) is 24.2 Å². The zero-order valence-corrected chi connectivity index (χ0v) is 22.3. The van der Waals surface area contributed by atoms with Gasteiger partial charge in [0.1, 0.15) is 12.6 Å². The van der Waals surface area contributed by atoms with Gasteiger partial charge in [-0.25, -0.2) is 8.42 Å². The van der Waals surface area contributed by atoms with E-state index in [4.69, 9.17) is 0 Å². The highest BCUT2D eigenvalue weighted by atomic mass is 32.2. The van der Waals surface area contributed by atoms with E-state index < -0.39 is 39.0 Å². The lowest BCUT2D eigenvalue weighted by molar-refractivity contribution is -0.384. The normalized spacial score (nSPS) is 12.5. The molecule has 36 heavy (non-hydrogen) atoms. The van der Waals surface area contributed by atoms with E-state index in [0.717, 1.165) is 22.2 Å². The van der Waals surface area contributed by atoms with Crippen LogP contribution < -0.4 is 9.62 Å². The zero-order valence-electron chi connectivity index (χ0n) is 21.5. The van der Waals surface area contributed by atoms with Gasteiger partial charge in [0.2, 0.25) is 21.8 Å². The number of nitro benzene ring substituents is 1. The third-order valence-electron chi connectivity index (χ3n) is 5.43. The summed E-state index contributed by atoms with van der Waals surface area (Å²) < 4.78 is 26.3. The summed E-state index contributed by atoms with van der Waals surface area (Å²) in [7, 11) is -4.00. The maximum atomic E-state index is 13.7. The second-order valence-corrected chi connectivity index (χ2v) is 11.6. The predicted octanol–water partition coefficient (Wildman–Crippen LogP) is 3.39. The van der Waals surface area contributed by atoms with Crippen LogP contribution in [0.2, 0.25) is 0 Å². The SMILES string of the molecule is CC[C@@H](C(=O)NC(C)(C)C)N(Cc1ccccc1)C(=O)CN(c1cc([N+](=O)[O-])ccc1C)S(C)(=O)=O. The molecule has 0 spiro atoms. The molecule has 0 radical (unpaired) electrons. The number of carbonyl (C=O) groups excluding carboxylic acids is 2. The van der Waals surface area contributed by atoms with Crippen LogP contribution in [0.5, 0.6) is 0 Å². The van der Waals surface area contributed by atoms with Gasteiger partial charge >= 0.3 is 0 Å². The monoisotopic (exact) mass is 518 g/mol. The smallest absolute Gasteiger partial charge is 0.271 e. The molecular weight excluding hydrogens is 484 g/mol. The van der Waals surface area contributed by atoms with E-state index in [1.807, 2.05) is 51.1 Å². The number of hydrogen-bond donors (Lipinski definition) is 1. The molecule has 2 rings (SSSR count). The van der Waals surface area contributed by atoms with Crippen molar-refractivity contribution in [2.75, 3.05) is 17.1 Å². The molecule has 0 bridgehead atoms. The van der Waals surface area contributed by atoms with Gasteiger partial charge in [0.15, 0.2) is 0 Å². The lowest BCUT2D eigenvalue weighted by Gasteiger charge is -2.34. The molecule has 196 valence electrons. The van der Waals surface area contributed by atoms with Gasteiger partial charge in [-0.3, -0.25) is 24.0 Å². The standard InChI is InChI=1S/C25H34N4O6S/c1-7-21(24(31)26-25(3,4)5)27(16-19-11-9-8-10-12-19)23(30)17-28(36(6,34)35)22-15-20(29(32)33)14-13-18(22)2/h8-15,21H,7,16-17H2,1-6H3,(H,26,31)/t21-/m0/s1. The van der Waals surface area contributed by atoms with Crippen molar-refractivity contribution in [3.05, 3.63) is 69.8 Å². The summed E-state index contributed by atoms with van der Waals surface area (Å²) in [5.74, 6) is -0.960. The van der Waals surface area contributed by atoms with Gasteiger partial charge in [-0.2, -0.15) is 0 Å². The number of hydrogen-bond acceptors (Lipinski definition) is 6. The van der Waals surface area contributed by atoms with E-state index >= 15 is 0 Å². The Labute approximate surface area is 212 Å². The highest BCUT2D eigenvalue weighted by Crippen LogP contribution is 2.28. The number of nitro groups is 1. The predicted molar refractivity (Wildman–Crippen MR) is 139 cm³/mol. The number of sulfonamides is 1. The van der Waals surface area contributed by atoms with Crippen LogP contribution in [0, 0.1) is 17.0 Å². The molecule has 0 saturated heterocycles. The van der Waals surface area contributed by atoms with Crippen molar-refractivity contribution in [1.29, 1.82) is 0 Å². The average molecular weight is 519 g/mol. The van der Waals surface area contributed by atoms with Crippen LogP contribution in [-0.2, 0) is 26.2 Å². The summed E-state index contributed by atoms with van der Waals surface area (Å²) in [6.45, 7) is 8.34. The van der Waals surface area contributed by atoms with Gasteiger partial charge in [0.25, 0.3) is 5.69 Å². The number of nitrogens with zero attached hydrogens (tertiary/aromatic N) is 3. The molecule has 1 atom stereocenters. The van der Waals surface area contributed by atoms with Gasteiger partial charge in [-0.05, 0) is 45.2 Å². The van der Waals surface area contributed by atoms with Crippen LogP contribution in [0.25, 0.3) is 0 Å². The van der Waals surface area contributed by atoms with Crippen molar-refractivity contribution in [2.24, 2.45) is 0 Å².